The van der Waals surface area contributed by atoms with E-state index in [0.29, 0.717) is 30.2 Å². The standard InChI is InChI=1S/C22H26N2O4.C15H17NO/c1-15-12-24(16(2)13-25)22(27)18-9-6-10-19(21(18)28-14-15)23-20(26)11-17-7-4-3-5-8-17;1-16(2)12-13-8-10-15(11-9-13)17-14-6-4-3-5-7-14/h3-10,15-16,25H,11-14H2,1-2H3,(H,23,26);3-11H,12H2,1-2H3/t15-,16+;/m1./s1. The second kappa shape index (κ2) is 16.4. The molecule has 1 aliphatic heterocycles. The van der Waals surface area contributed by atoms with Gasteiger partial charge in [-0.15, -0.1) is 0 Å². The number of nitrogens with zero attached hydrogens (tertiary/aromatic N) is 2. The molecule has 4 aromatic rings. The fourth-order valence-electron chi connectivity index (χ4n) is 4.92. The Bertz CT molecular complexity index is 1510. The van der Waals surface area contributed by atoms with Crippen LogP contribution in [0.25, 0.3) is 0 Å². The molecule has 0 saturated heterocycles. The van der Waals surface area contributed by atoms with Crippen LogP contribution in [0.5, 0.6) is 17.2 Å². The van der Waals surface area contributed by atoms with Crippen LogP contribution in [-0.2, 0) is 17.8 Å². The number of nitrogens with one attached hydrogen (secondary N) is 1. The van der Waals surface area contributed by atoms with Gasteiger partial charge in [0.2, 0.25) is 5.91 Å². The number of rotatable bonds is 9. The van der Waals surface area contributed by atoms with Crippen LogP contribution in [0.3, 0.4) is 0 Å². The van der Waals surface area contributed by atoms with Gasteiger partial charge in [-0.25, -0.2) is 0 Å². The number of benzene rings is 4. The van der Waals surface area contributed by atoms with Crippen molar-refractivity contribution < 1.29 is 24.2 Å². The summed E-state index contributed by atoms with van der Waals surface area (Å²) in [4.78, 5) is 29.4. The van der Waals surface area contributed by atoms with E-state index in [0.717, 1.165) is 23.6 Å². The fraction of sp³-hybridized carbons (Fsp3) is 0.297. The van der Waals surface area contributed by atoms with Crippen molar-refractivity contribution in [1.29, 1.82) is 0 Å². The lowest BCUT2D eigenvalue weighted by Gasteiger charge is -2.33. The Labute approximate surface area is 266 Å². The summed E-state index contributed by atoms with van der Waals surface area (Å²) in [7, 11) is 4.13. The van der Waals surface area contributed by atoms with E-state index in [1.54, 1.807) is 23.1 Å². The molecule has 45 heavy (non-hydrogen) atoms. The first-order valence-electron chi connectivity index (χ1n) is 15.2. The summed E-state index contributed by atoms with van der Waals surface area (Å²) >= 11 is 0. The highest BCUT2D eigenvalue weighted by molar-refractivity contribution is 6.01. The largest absolute Gasteiger partial charge is 0.490 e. The van der Waals surface area contributed by atoms with E-state index < -0.39 is 0 Å². The summed E-state index contributed by atoms with van der Waals surface area (Å²) in [5.74, 6) is 1.84. The van der Waals surface area contributed by atoms with Gasteiger partial charge in [0, 0.05) is 19.0 Å². The predicted octanol–water partition coefficient (Wildman–Crippen LogP) is 6.26. The van der Waals surface area contributed by atoms with Crippen LogP contribution in [-0.4, -0.2) is 66.6 Å². The third-order valence-electron chi connectivity index (χ3n) is 7.21. The molecule has 0 saturated carbocycles. The van der Waals surface area contributed by atoms with Crippen molar-refractivity contribution >= 4 is 17.5 Å². The molecule has 2 amide bonds. The number of fused-ring (bicyclic) bond motifs is 1. The molecule has 0 radical (unpaired) electrons. The summed E-state index contributed by atoms with van der Waals surface area (Å²) < 4.78 is 11.7. The van der Waals surface area contributed by atoms with Crippen molar-refractivity contribution in [2.75, 3.05) is 39.2 Å². The van der Waals surface area contributed by atoms with Crippen LogP contribution in [0.1, 0.15) is 35.3 Å². The van der Waals surface area contributed by atoms with Crippen molar-refractivity contribution in [2.45, 2.75) is 32.9 Å². The number of aliphatic hydroxyl groups excluding tert-OH is 1. The molecule has 0 bridgehead atoms. The fourth-order valence-corrected chi connectivity index (χ4v) is 4.92. The number of amides is 2. The average Bonchev–Trinajstić information content (AvgIpc) is 3.03. The molecule has 2 atom stereocenters. The highest BCUT2D eigenvalue weighted by Gasteiger charge is 2.29. The molecule has 2 N–H and O–H groups in total. The number of hydrogen-bond acceptors (Lipinski definition) is 6. The maximum atomic E-state index is 13.1. The van der Waals surface area contributed by atoms with E-state index in [-0.39, 0.29) is 36.8 Å². The summed E-state index contributed by atoms with van der Waals surface area (Å²) in [6.07, 6.45) is 0.239. The number of carbonyl (C=O) groups is 2. The first-order chi connectivity index (χ1) is 21.7. The number of para-hydroxylation sites is 2. The quantitative estimate of drug-likeness (QED) is 0.233. The molecule has 236 valence electrons. The van der Waals surface area contributed by atoms with E-state index in [9.17, 15) is 14.7 Å². The van der Waals surface area contributed by atoms with Gasteiger partial charge in [-0.05, 0) is 68.5 Å². The molecule has 8 nitrogen and oxygen atoms in total. The van der Waals surface area contributed by atoms with Crippen LogP contribution in [0.2, 0.25) is 0 Å². The smallest absolute Gasteiger partial charge is 0.258 e. The van der Waals surface area contributed by atoms with Gasteiger partial charge in [-0.3, -0.25) is 9.59 Å². The second-order valence-electron chi connectivity index (χ2n) is 11.6. The van der Waals surface area contributed by atoms with Crippen LogP contribution < -0.4 is 14.8 Å². The highest BCUT2D eigenvalue weighted by Crippen LogP contribution is 2.33. The van der Waals surface area contributed by atoms with E-state index in [1.165, 1.54) is 5.56 Å². The molecule has 8 heteroatoms. The highest BCUT2D eigenvalue weighted by atomic mass is 16.5. The first kappa shape index (κ1) is 33.2. The van der Waals surface area contributed by atoms with Gasteiger partial charge < -0.3 is 29.7 Å². The Balaban J connectivity index is 0.000000231. The van der Waals surface area contributed by atoms with Gasteiger partial charge in [0.15, 0.2) is 5.75 Å². The van der Waals surface area contributed by atoms with Gasteiger partial charge in [0.1, 0.15) is 11.5 Å². The van der Waals surface area contributed by atoms with E-state index >= 15 is 0 Å². The van der Waals surface area contributed by atoms with Crippen LogP contribution >= 0.6 is 0 Å². The van der Waals surface area contributed by atoms with Crippen molar-refractivity contribution in [3.8, 4) is 17.2 Å². The van der Waals surface area contributed by atoms with Crippen molar-refractivity contribution in [2.24, 2.45) is 5.92 Å². The monoisotopic (exact) mass is 609 g/mol. The van der Waals surface area contributed by atoms with Gasteiger partial charge in [-0.1, -0.05) is 73.7 Å². The third kappa shape index (κ3) is 9.93. The molecule has 1 aliphatic rings. The minimum absolute atomic E-state index is 0.0965. The zero-order chi connectivity index (χ0) is 32.2. The van der Waals surface area contributed by atoms with E-state index in [4.69, 9.17) is 9.47 Å². The van der Waals surface area contributed by atoms with Gasteiger partial charge in [0.05, 0.1) is 36.9 Å². The predicted molar refractivity (Wildman–Crippen MR) is 178 cm³/mol. The lowest BCUT2D eigenvalue weighted by atomic mass is 10.0. The number of ether oxygens (including phenoxy) is 2. The molecule has 4 aromatic carbocycles. The molecule has 5 rings (SSSR count). The normalized spacial score (nSPS) is 15.0. The Morgan fingerprint density at radius 1 is 0.933 bits per heavy atom. The Morgan fingerprint density at radius 3 is 2.22 bits per heavy atom. The molecule has 0 aromatic heterocycles. The number of hydrogen-bond donors (Lipinski definition) is 2. The summed E-state index contributed by atoms with van der Waals surface area (Å²) in [5, 5.41) is 12.4. The maximum absolute atomic E-state index is 13.1. The summed E-state index contributed by atoms with van der Waals surface area (Å²) in [6, 6.07) is 32.4. The molecular formula is C37H43N3O5. The molecule has 0 unspecified atom stereocenters. The second-order valence-corrected chi connectivity index (χ2v) is 11.6. The van der Waals surface area contributed by atoms with Crippen LogP contribution in [0.4, 0.5) is 5.69 Å². The SMILES string of the molecule is CN(C)Cc1ccc(Oc2ccccc2)cc1.C[C@H]1COc2c(NC(=O)Cc3ccccc3)cccc2C(=O)N([C@@H](C)CO)C1. The van der Waals surface area contributed by atoms with Crippen LogP contribution in [0.15, 0.2) is 103 Å². The topological polar surface area (TPSA) is 91.3 Å². The number of carbonyl (C=O) groups excluding carboxylic acids is 2. The Morgan fingerprint density at radius 2 is 1.58 bits per heavy atom. The van der Waals surface area contributed by atoms with Crippen molar-refractivity contribution in [1.82, 2.24) is 9.80 Å². The first-order valence-corrected chi connectivity index (χ1v) is 15.2. The Kier molecular flexibility index (Phi) is 12.1. The number of anilines is 1. The third-order valence-corrected chi connectivity index (χ3v) is 7.21. The lowest BCUT2D eigenvalue weighted by molar-refractivity contribution is -0.115. The van der Waals surface area contributed by atoms with Gasteiger partial charge >= 0.3 is 0 Å². The molecule has 1 heterocycles. The molecule has 0 spiro atoms. The van der Waals surface area contributed by atoms with E-state index in [1.807, 2.05) is 86.6 Å². The Hall–Kier alpha value is -4.66. The van der Waals surface area contributed by atoms with Gasteiger partial charge in [0.25, 0.3) is 5.91 Å². The number of aliphatic hydroxyl groups is 1. The minimum atomic E-state index is -0.294. The van der Waals surface area contributed by atoms with Crippen molar-refractivity contribution in [3.63, 3.8) is 0 Å². The van der Waals surface area contributed by atoms with Gasteiger partial charge in [-0.2, -0.15) is 0 Å². The summed E-state index contributed by atoms with van der Waals surface area (Å²) in [5.41, 5.74) is 3.07. The van der Waals surface area contributed by atoms with Crippen molar-refractivity contribution in [3.05, 3.63) is 120 Å². The zero-order valence-corrected chi connectivity index (χ0v) is 26.5. The lowest BCUT2D eigenvalue weighted by Crippen LogP contribution is -2.45. The molecule has 0 fully saturated rings. The average molecular weight is 610 g/mol. The maximum Gasteiger partial charge on any atom is 0.258 e. The van der Waals surface area contributed by atoms with E-state index in [2.05, 4.69) is 36.4 Å². The zero-order valence-electron chi connectivity index (χ0n) is 26.5. The molecular weight excluding hydrogens is 566 g/mol. The minimum Gasteiger partial charge on any atom is -0.490 e. The summed E-state index contributed by atoms with van der Waals surface area (Å²) in [6.45, 7) is 5.57. The van der Waals surface area contributed by atoms with Crippen LogP contribution in [0, 0.1) is 5.92 Å². The molecule has 0 aliphatic carbocycles.